The minimum atomic E-state index is -0.428. The van der Waals surface area contributed by atoms with Gasteiger partial charge in [0.05, 0.1) is 36.7 Å². The van der Waals surface area contributed by atoms with E-state index in [4.69, 9.17) is 9.72 Å². The molecule has 132 valence electrons. The van der Waals surface area contributed by atoms with Crippen molar-refractivity contribution in [3.05, 3.63) is 35.2 Å². The number of hydrogen-bond acceptors (Lipinski definition) is 7. The van der Waals surface area contributed by atoms with Crippen molar-refractivity contribution in [2.24, 2.45) is 0 Å². The molecule has 2 aliphatic heterocycles. The molecule has 0 radical (unpaired) electrons. The standard InChI is InChI=1S/C17H21FN6O/c1-11-13-8-25-10-17(14(13)22-16(21-11)23(2)3)4-5-24(9-17)15-19-6-12(18)7-20-15/h6-7H,4-5,8-10H2,1-3H3. The summed E-state index contributed by atoms with van der Waals surface area (Å²) in [5.41, 5.74) is 2.91. The highest BCUT2D eigenvalue weighted by Crippen LogP contribution is 2.41. The molecule has 0 aliphatic carbocycles. The van der Waals surface area contributed by atoms with Crippen molar-refractivity contribution >= 4 is 11.9 Å². The molecule has 1 unspecified atom stereocenters. The highest BCUT2D eigenvalue weighted by molar-refractivity contribution is 5.44. The number of fused-ring (bicyclic) bond motifs is 2. The molecule has 25 heavy (non-hydrogen) atoms. The van der Waals surface area contributed by atoms with Crippen LogP contribution in [0.2, 0.25) is 0 Å². The van der Waals surface area contributed by atoms with E-state index in [1.165, 1.54) is 12.4 Å². The maximum Gasteiger partial charge on any atom is 0.225 e. The Morgan fingerprint density at radius 2 is 2.00 bits per heavy atom. The predicted molar refractivity (Wildman–Crippen MR) is 91.3 cm³/mol. The summed E-state index contributed by atoms with van der Waals surface area (Å²) < 4.78 is 19.0. The van der Waals surface area contributed by atoms with E-state index >= 15 is 0 Å². The molecule has 0 bridgehead atoms. The van der Waals surface area contributed by atoms with Crippen molar-refractivity contribution in [1.29, 1.82) is 0 Å². The monoisotopic (exact) mass is 344 g/mol. The molecule has 2 aromatic heterocycles. The molecule has 8 heteroatoms. The average molecular weight is 344 g/mol. The zero-order valence-corrected chi connectivity index (χ0v) is 14.7. The fourth-order valence-electron chi connectivity index (χ4n) is 3.63. The van der Waals surface area contributed by atoms with Gasteiger partial charge in [0.25, 0.3) is 0 Å². The molecule has 0 amide bonds. The number of anilines is 2. The molecular weight excluding hydrogens is 323 g/mol. The minimum absolute atomic E-state index is 0.205. The van der Waals surface area contributed by atoms with Crippen molar-refractivity contribution in [2.75, 3.05) is 43.6 Å². The van der Waals surface area contributed by atoms with E-state index in [2.05, 4.69) is 19.9 Å². The van der Waals surface area contributed by atoms with Gasteiger partial charge < -0.3 is 14.5 Å². The lowest BCUT2D eigenvalue weighted by Gasteiger charge is -2.35. The van der Waals surface area contributed by atoms with Crippen LogP contribution in [0.25, 0.3) is 0 Å². The first-order chi connectivity index (χ1) is 12.0. The average Bonchev–Trinajstić information content (AvgIpc) is 3.01. The fraction of sp³-hybridized carbons (Fsp3) is 0.529. The molecule has 1 spiro atoms. The highest BCUT2D eigenvalue weighted by atomic mass is 19.1. The van der Waals surface area contributed by atoms with Gasteiger partial charge in [-0.2, -0.15) is 0 Å². The van der Waals surface area contributed by atoms with Gasteiger partial charge in [-0.05, 0) is 13.3 Å². The Labute approximate surface area is 145 Å². The smallest absolute Gasteiger partial charge is 0.225 e. The Morgan fingerprint density at radius 3 is 2.72 bits per heavy atom. The largest absolute Gasteiger partial charge is 0.376 e. The van der Waals surface area contributed by atoms with Crippen molar-refractivity contribution in [2.45, 2.75) is 25.4 Å². The van der Waals surface area contributed by atoms with E-state index in [-0.39, 0.29) is 5.41 Å². The Balaban J connectivity index is 1.72. The third-order valence-electron chi connectivity index (χ3n) is 4.97. The molecular formula is C17H21FN6O. The van der Waals surface area contributed by atoms with E-state index in [0.717, 1.165) is 29.9 Å². The van der Waals surface area contributed by atoms with E-state index in [1.807, 2.05) is 25.9 Å². The molecule has 2 aliphatic rings. The third kappa shape index (κ3) is 2.70. The molecule has 7 nitrogen and oxygen atoms in total. The van der Waals surface area contributed by atoms with E-state index < -0.39 is 5.82 Å². The molecule has 1 fully saturated rings. The van der Waals surface area contributed by atoms with Gasteiger partial charge in [0, 0.05) is 38.4 Å². The van der Waals surface area contributed by atoms with Crippen LogP contribution >= 0.6 is 0 Å². The quantitative estimate of drug-likeness (QED) is 0.817. The van der Waals surface area contributed by atoms with Crippen LogP contribution in [0.4, 0.5) is 16.3 Å². The third-order valence-corrected chi connectivity index (χ3v) is 4.97. The van der Waals surface area contributed by atoms with Gasteiger partial charge in [0.15, 0.2) is 5.82 Å². The summed E-state index contributed by atoms with van der Waals surface area (Å²) in [6.07, 6.45) is 3.30. The molecule has 1 saturated heterocycles. The summed E-state index contributed by atoms with van der Waals surface area (Å²) in [4.78, 5) is 21.7. The van der Waals surface area contributed by atoms with Crippen LogP contribution in [0, 0.1) is 12.7 Å². The van der Waals surface area contributed by atoms with Crippen LogP contribution in [-0.2, 0) is 16.8 Å². The van der Waals surface area contributed by atoms with Gasteiger partial charge in [-0.25, -0.2) is 24.3 Å². The van der Waals surface area contributed by atoms with Crippen LogP contribution in [0.3, 0.4) is 0 Å². The van der Waals surface area contributed by atoms with Crippen molar-refractivity contribution < 1.29 is 9.13 Å². The fourth-order valence-corrected chi connectivity index (χ4v) is 3.63. The molecule has 1 atom stereocenters. The van der Waals surface area contributed by atoms with E-state index in [1.54, 1.807) is 0 Å². The maximum absolute atomic E-state index is 13.1. The Hall–Kier alpha value is -2.35. The lowest BCUT2D eigenvalue weighted by atomic mass is 9.80. The Morgan fingerprint density at radius 1 is 1.24 bits per heavy atom. The number of hydrogen-bond donors (Lipinski definition) is 0. The number of aromatic nitrogens is 4. The summed E-state index contributed by atoms with van der Waals surface area (Å²) in [6, 6.07) is 0. The van der Waals surface area contributed by atoms with Crippen molar-refractivity contribution in [3.63, 3.8) is 0 Å². The van der Waals surface area contributed by atoms with Crippen LogP contribution in [0.1, 0.15) is 23.4 Å². The van der Waals surface area contributed by atoms with Crippen molar-refractivity contribution in [1.82, 2.24) is 19.9 Å². The molecule has 4 heterocycles. The summed E-state index contributed by atoms with van der Waals surface area (Å²) in [5, 5.41) is 0. The lowest BCUT2D eigenvalue weighted by molar-refractivity contribution is 0.0552. The lowest BCUT2D eigenvalue weighted by Crippen LogP contribution is -2.41. The molecule has 2 aromatic rings. The molecule has 4 rings (SSSR count). The van der Waals surface area contributed by atoms with Crippen LogP contribution in [0.15, 0.2) is 12.4 Å². The highest BCUT2D eigenvalue weighted by Gasteiger charge is 2.46. The summed E-state index contributed by atoms with van der Waals surface area (Å²) >= 11 is 0. The Bertz CT molecular complexity index is 796. The number of ether oxygens (including phenoxy) is 1. The zero-order valence-electron chi connectivity index (χ0n) is 14.7. The number of aryl methyl sites for hydroxylation is 1. The second-order valence-corrected chi connectivity index (χ2v) is 6.98. The summed E-state index contributed by atoms with van der Waals surface area (Å²) in [7, 11) is 3.89. The van der Waals surface area contributed by atoms with Crippen molar-refractivity contribution in [3.8, 4) is 0 Å². The second kappa shape index (κ2) is 5.87. The second-order valence-electron chi connectivity index (χ2n) is 6.98. The predicted octanol–water partition coefficient (Wildman–Crippen LogP) is 1.46. The van der Waals surface area contributed by atoms with Crippen LogP contribution < -0.4 is 9.80 Å². The zero-order chi connectivity index (χ0) is 17.6. The minimum Gasteiger partial charge on any atom is -0.376 e. The first-order valence-electron chi connectivity index (χ1n) is 8.34. The van der Waals surface area contributed by atoms with Crippen LogP contribution in [-0.4, -0.2) is 53.7 Å². The first-order valence-corrected chi connectivity index (χ1v) is 8.34. The topological polar surface area (TPSA) is 67.3 Å². The molecule has 0 saturated carbocycles. The molecule has 0 aromatic carbocycles. The van der Waals surface area contributed by atoms with Gasteiger partial charge in [-0.3, -0.25) is 0 Å². The molecule has 0 N–H and O–H groups in total. The number of rotatable bonds is 2. The van der Waals surface area contributed by atoms with Gasteiger partial charge in [-0.1, -0.05) is 0 Å². The first kappa shape index (κ1) is 16.1. The van der Waals surface area contributed by atoms with Gasteiger partial charge in [0.2, 0.25) is 11.9 Å². The maximum atomic E-state index is 13.1. The SMILES string of the molecule is Cc1nc(N(C)C)nc2c1COCC21CCN(c2ncc(F)cn2)C1. The van der Waals surface area contributed by atoms with Gasteiger partial charge in [0.1, 0.15) is 0 Å². The van der Waals surface area contributed by atoms with E-state index in [0.29, 0.717) is 31.7 Å². The normalized spacial score (nSPS) is 22.3. The number of halogens is 1. The van der Waals surface area contributed by atoms with Crippen LogP contribution in [0.5, 0.6) is 0 Å². The number of nitrogens with zero attached hydrogens (tertiary/aromatic N) is 6. The van der Waals surface area contributed by atoms with Gasteiger partial charge >= 0.3 is 0 Å². The Kier molecular flexibility index (Phi) is 3.79. The summed E-state index contributed by atoms with van der Waals surface area (Å²) in [6.45, 7) is 4.65. The summed E-state index contributed by atoms with van der Waals surface area (Å²) in [5.74, 6) is 0.834. The van der Waals surface area contributed by atoms with E-state index in [9.17, 15) is 4.39 Å². The van der Waals surface area contributed by atoms with Gasteiger partial charge in [-0.15, -0.1) is 0 Å².